The minimum atomic E-state index is -0.837. The van der Waals surface area contributed by atoms with E-state index in [1.807, 2.05) is 30.3 Å². The van der Waals surface area contributed by atoms with Crippen molar-refractivity contribution in [1.29, 1.82) is 0 Å². The van der Waals surface area contributed by atoms with Crippen LogP contribution in [0.1, 0.15) is 15.9 Å². The number of aromatic nitrogens is 1. The van der Waals surface area contributed by atoms with Gasteiger partial charge in [0.1, 0.15) is 18.2 Å². The molecule has 2 aromatic carbocycles. The minimum absolute atomic E-state index is 0.140. The minimum Gasteiger partial charge on any atom is -0.489 e. The highest BCUT2D eigenvalue weighted by Crippen LogP contribution is 2.21. The SMILES string of the molecule is O=C(Oc1cncc(Cl)c1)c1ccc(OCc2ccccc2)cc1F. The van der Waals surface area contributed by atoms with Crippen LogP contribution in [0.5, 0.6) is 11.5 Å². The van der Waals surface area contributed by atoms with E-state index in [1.54, 1.807) is 0 Å². The van der Waals surface area contributed by atoms with Crippen molar-refractivity contribution in [2.24, 2.45) is 0 Å². The number of rotatable bonds is 5. The van der Waals surface area contributed by atoms with Gasteiger partial charge in [-0.15, -0.1) is 0 Å². The molecule has 0 atom stereocenters. The van der Waals surface area contributed by atoms with Crippen LogP contribution in [-0.2, 0) is 6.61 Å². The number of pyridine rings is 1. The van der Waals surface area contributed by atoms with E-state index < -0.39 is 11.8 Å². The average Bonchev–Trinajstić information content (AvgIpc) is 2.61. The molecule has 0 fully saturated rings. The maximum atomic E-state index is 14.2. The second-order valence-corrected chi connectivity index (χ2v) is 5.58. The molecular formula is C19H13ClFNO3. The lowest BCUT2D eigenvalue weighted by atomic mass is 10.2. The van der Waals surface area contributed by atoms with Crippen LogP contribution in [0, 0.1) is 5.82 Å². The van der Waals surface area contributed by atoms with Crippen molar-refractivity contribution in [3.8, 4) is 11.5 Å². The molecule has 0 aliphatic rings. The molecule has 0 N–H and O–H groups in total. The molecular weight excluding hydrogens is 345 g/mol. The van der Waals surface area contributed by atoms with Gasteiger partial charge in [-0.2, -0.15) is 0 Å². The number of hydrogen-bond donors (Lipinski definition) is 0. The second kappa shape index (κ2) is 7.77. The first kappa shape index (κ1) is 16.9. The molecule has 0 unspecified atom stereocenters. The lowest BCUT2D eigenvalue weighted by Gasteiger charge is -2.09. The maximum Gasteiger partial charge on any atom is 0.346 e. The standard InChI is InChI=1S/C19H13ClFNO3/c20-14-8-16(11-22-10-14)25-19(23)17-7-6-15(9-18(17)21)24-12-13-4-2-1-3-5-13/h1-11H,12H2. The lowest BCUT2D eigenvalue weighted by molar-refractivity contribution is 0.0729. The summed E-state index contributed by atoms with van der Waals surface area (Å²) >= 11 is 5.77. The van der Waals surface area contributed by atoms with E-state index in [0.29, 0.717) is 17.4 Å². The van der Waals surface area contributed by atoms with Gasteiger partial charge in [0, 0.05) is 18.3 Å². The molecule has 1 aromatic heterocycles. The first-order chi connectivity index (χ1) is 12.1. The van der Waals surface area contributed by atoms with Crippen LogP contribution in [-0.4, -0.2) is 11.0 Å². The van der Waals surface area contributed by atoms with Crippen molar-refractivity contribution in [2.75, 3.05) is 0 Å². The van der Waals surface area contributed by atoms with Gasteiger partial charge >= 0.3 is 5.97 Å². The van der Waals surface area contributed by atoms with Crippen LogP contribution in [0.2, 0.25) is 5.02 Å². The topological polar surface area (TPSA) is 48.4 Å². The predicted octanol–water partition coefficient (Wildman–Crippen LogP) is 4.67. The molecule has 6 heteroatoms. The maximum absolute atomic E-state index is 14.2. The summed E-state index contributed by atoms with van der Waals surface area (Å²) in [6.07, 6.45) is 2.72. The molecule has 0 spiro atoms. The highest BCUT2D eigenvalue weighted by atomic mass is 35.5. The normalized spacial score (nSPS) is 10.3. The van der Waals surface area contributed by atoms with E-state index in [0.717, 1.165) is 11.6 Å². The van der Waals surface area contributed by atoms with E-state index in [9.17, 15) is 9.18 Å². The van der Waals surface area contributed by atoms with Crippen LogP contribution in [0.3, 0.4) is 0 Å². The third-order valence-corrected chi connectivity index (χ3v) is 3.51. The van der Waals surface area contributed by atoms with Gasteiger partial charge in [0.05, 0.1) is 16.8 Å². The molecule has 0 radical (unpaired) electrons. The summed E-state index contributed by atoms with van der Waals surface area (Å²) in [6, 6.07) is 14.9. The number of carbonyl (C=O) groups is 1. The fraction of sp³-hybridized carbons (Fsp3) is 0.0526. The summed E-state index contributed by atoms with van der Waals surface area (Å²) in [5.41, 5.74) is 0.756. The van der Waals surface area contributed by atoms with Crippen molar-refractivity contribution in [3.63, 3.8) is 0 Å². The summed E-state index contributed by atoms with van der Waals surface area (Å²) in [4.78, 5) is 15.9. The Morgan fingerprint density at radius 3 is 2.56 bits per heavy atom. The van der Waals surface area contributed by atoms with Crippen molar-refractivity contribution in [2.45, 2.75) is 6.61 Å². The van der Waals surface area contributed by atoms with Gasteiger partial charge in [0.15, 0.2) is 5.75 Å². The van der Waals surface area contributed by atoms with Crippen molar-refractivity contribution < 1.29 is 18.7 Å². The van der Waals surface area contributed by atoms with Gasteiger partial charge in [0.25, 0.3) is 0 Å². The number of halogens is 2. The Morgan fingerprint density at radius 2 is 1.84 bits per heavy atom. The van der Waals surface area contributed by atoms with Gasteiger partial charge in [-0.1, -0.05) is 41.9 Å². The van der Waals surface area contributed by atoms with Crippen LogP contribution < -0.4 is 9.47 Å². The third-order valence-electron chi connectivity index (χ3n) is 3.30. The van der Waals surface area contributed by atoms with Crippen molar-refractivity contribution >= 4 is 17.6 Å². The van der Waals surface area contributed by atoms with E-state index in [4.69, 9.17) is 21.1 Å². The smallest absolute Gasteiger partial charge is 0.346 e. The number of carbonyl (C=O) groups excluding carboxylic acids is 1. The first-order valence-corrected chi connectivity index (χ1v) is 7.78. The summed E-state index contributed by atoms with van der Waals surface area (Å²) < 4.78 is 24.8. The predicted molar refractivity (Wildman–Crippen MR) is 91.4 cm³/mol. The molecule has 0 saturated heterocycles. The molecule has 0 bridgehead atoms. The zero-order valence-electron chi connectivity index (χ0n) is 13.0. The zero-order chi connectivity index (χ0) is 17.6. The average molecular weight is 358 g/mol. The molecule has 126 valence electrons. The van der Waals surface area contributed by atoms with Gasteiger partial charge in [-0.25, -0.2) is 9.18 Å². The Kier molecular flexibility index (Phi) is 5.26. The molecule has 3 aromatic rings. The van der Waals surface area contributed by atoms with Gasteiger partial charge < -0.3 is 9.47 Å². The lowest BCUT2D eigenvalue weighted by Crippen LogP contribution is -2.11. The number of ether oxygens (including phenoxy) is 2. The fourth-order valence-corrected chi connectivity index (χ4v) is 2.27. The van der Waals surface area contributed by atoms with Crippen LogP contribution in [0.25, 0.3) is 0 Å². The molecule has 0 amide bonds. The molecule has 4 nitrogen and oxygen atoms in total. The first-order valence-electron chi connectivity index (χ1n) is 7.41. The third kappa shape index (κ3) is 4.55. The Bertz CT molecular complexity index is 887. The number of nitrogens with zero attached hydrogens (tertiary/aromatic N) is 1. The van der Waals surface area contributed by atoms with E-state index in [1.165, 1.54) is 30.6 Å². The highest BCUT2D eigenvalue weighted by molar-refractivity contribution is 6.30. The Hall–Kier alpha value is -2.92. The Morgan fingerprint density at radius 1 is 1.04 bits per heavy atom. The van der Waals surface area contributed by atoms with Crippen molar-refractivity contribution in [3.05, 3.63) is 89.0 Å². The van der Waals surface area contributed by atoms with Crippen molar-refractivity contribution in [1.82, 2.24) is 4.98 Å². The molecule has 0 aliphatic heterocycles. The van der Waals surface area contributed by atoms with E-state index in [-0.39, 0.29) is 11.3 Å². The van der Waals surface area contributed by atoms with Crippen LogP contribution >= 0.6 is 11.6 Å². The summed E-state index contributed by atoms with van der Waals surface area (Å²) in [5, 5.41) is 0.315. The zero-order valence-corrected chi connectivity index (χ0v) is 13.7. The van der Waals surface area contributed by atoms with E-state index >= 15 is 0 Å². The number of hydrogen-bond acceptors (Lipinski definition) is 4. The Labute approximate surface area is 148 Å². The summed E-state index contributed by atoms with van der Waals surface area (Å²) in [5.74, 6) is -1.11. The molecule has 25 heavy (non-hydrogen) atoms. The van der Waals surface area contributed by atoms with Gasteiger partial charge in [-0.3, -0.25) is 4.98 Å². The number of esters is 1. The molecule has 0 saturated carbocycles. The van der Waals surface area contributed by atoms with Crippen LogP contribution in [0.4, 0.5) is 4.39 Å². The quantitative estimate of drug-likeness (QED) is 0.622. The summed E-state index contributed by atoms with van der Waals surface area (Å²) in [6.45, 7) is 0.304. The van der Waals surface area contributed by atoms with Gasteiger partial charge in [-0.05, 0) is 17.7 Å². The van der Waals surface area contributed by atoms with E-state index in [2.05, 4.69) is 4.98 Å². The monoisotopic (exact) mass is 357 g/mol. The molecule has 1 heterocycles. The highest BCUT2D eigenvalue weighted by Gasteiger charge is 2.15. The summed E-state index contributed by atoms with van der Waals surface area (Å²) in [7, 11) is 0. The fourth-order valence-electron chi connectivity index (χ4n) is 2.10. The van der Waals surface area contributed by atoms with Crippen LogP contribution in [0.15, 0.2) is 67.0 Å². The Balaban J connectivity index is 1.67. The molecule has 3 rings (SSSR count). The largest absolute Gasteiger partial charge is 0.489 e. The molecule has 0 aliphatic carbocycles. The second-order valence-electron chi connectivity index (χ2n) is 5.14. The van der Waals surface area contributed by atoms with Gasteiger partial charge in [0.2, 0.25) is 0 Å². The number of benzene rings is 2.